The SMILES string of the molecule is CC(C)(CO)S(=O)(=O)CC1(C(=O)O)CCCCC1. The summed E-state index contributed by atoms with van der Waals surface area (Å²) in [7, 11) is -3.64. The summed E-state index contributed by atoms with van der Waals surface area (Å²) in [4.78, 5) is 11.4. The Kier molecular flexibility index (Phi) is 4.43. The van der Waals surface area contributed by atoms with Crippen LogP contribution in [0.3, 0.4) is 0 Å². The molecule has 0 saturated heterocycles. The highest BCUT2D eigenvalue weighted by molar-refractivity contribution is 7.92. The second-order valence-electron chi connectivity index (χ2n) is 5.82. The number of sulfone groups is 1. The van der Waals surface area contributed by atoms with Gasteiger partial charge in [0.2, 0.25) is 0 Å². The molecule has 1 saturated carbocycles. The number of aliphatic hydroxyl groups is 1. The fraction of sp³-hybridized carbons (Fsp3) is 0.917. The molecule has 1 aliphatic carbocycles. The summed E-state index contributed by atoms with van der Waals surface area (Å²) in [6.45, 7) is 2.37. The maximum atomic E-state index is 12.2. The molecule has 18 heavy (non-hydrogen) atoms. The highest BCUT2D eigenvalue weighted by Gasteiger charge is 2.47. The van der Waals surface area contributed by atoms with Gasteiger partial charge >= 0.3 is 5.97 Å². The highest BCUT2D eigenvalue weighted by Crippen LogP contribution is 2.39. The van der Waals surface area contributed by atoms with Gasteiger partial charge < -0.3 is 10.2 Å². The molecule has 106 valence electrons. The van der Waals surface area contributed by atoms with E-state index in [1.165, 1.54) is 13.8 Å². The normalized spacial score (nSPS) is 20.6. The Balaban J connectivity index is 3.02. The van der Waals surface area contributed by atoms with Crippen molar-refractivity contribution in [2.24, 2.45) is 5.41 Å². The van der Waals surface area contributed by atoms with Crippen LogP contribution < -0.4 is 0 Å². The Labute approximate surface area is 108 Å². The predicted molar refractivity (Wildman–Crippen MR) is 68.1 cm³/mol. The molecule has 0 aromatic carbocycles. The molecule has 1 rings (SSSR count). The molecule has 0 radical (unpaired) electrons. The van der Waals surface area contributed by atoms with Crippen molar-refractivity contribution in [3.8, 4) is 0 Å². The molecule has 5 nitrogen and oxygen atoms in total. The lowest BCUT2D eigenvalue weighted by atomic mass is 9.76. The van der Waals surface area contributed by atoms with Crippen molar-refractivity contribution in [1.29, 1.82) is 0 Å². The largest absolute Gasteiger partial charge is 0.481 e. The first-order valence-electron chi connectivity index (χ1n) is 6.23. The molecule has 0 bridgehead atoms. The van der Waals surface area contributed by atoms with Gasteiger partial charge in [-0.3, -0.25) is 4.79 Å². The molecule has 6 heteroatoms. The van der Waals surface area contributed by atoms with Gasteiger partial charge in [-0.15, -0.1) is 0 Å². The summed E-state index contributed by atoms with van der Waals surface area (Å²) in [6.07, 6.45) is 3.27. The van der Waals surface area contributed by atoms with Crippen LogP contribution in [0.2, 0.25) is 0 Å². The second-order valence-corrected chi connectivity index (χ2v) is 8.45. The summed E-state index contributed by atoms with van der Waals surface area (Å²) in [5.74, 6) is -1.40. The van der Waals surface area contributed by atoms with Crippen LogP contribution in [0, 0.1) is 5.41 Å². The van der Waals surface area contributed by atoms with Gasteiger partial charge in [-0.2, -0.15) is 0 Å². The number of aliphatic hydroxyl groups excluding tert-OH is 1. The Bertz CT molecular complexity index is 404. The first-order valence-corrected chi connectivity index (χ1v) is 7.89. The van der Waals surface area contributed by atoms with E-state index in [2.05, 4.69) is 0 Å². The monoisotopic (exact) mass is 278 g/mol. The van der Waals surface area contributed by atoms with Crippen molar-refractivity contribution in [3.05, 3.63) is 0 Å². The molecule has 1 fully saturated rings. The predicted octanol–water partition coefficient (Wildman–Crippen LogP) is 1.21. The molecular weight excluding hydrogens is 256 g/mol. The minimum Gasteiger partial charge on any atom is -0.481 e. The van der Waals surface area contributed by atoms with Crippen LogP contribution in [-0.2, 0) is 14.6 Å². The minimum atomic E-state index is -3.64. The van der Waals surface area contributed by atoms with Crippen LogP contribution in [0.15, 0.2) is 0 Å². The zero-order chi connectivity index (χ0) is 14.0. The van der Waals surface area contributed by atoms with Crippen LogP contribution in [0.25, 0.3) is 0 Å². The first kappa shape index (κ1) is 15.4. The maximum Gasteiger partial charge on any atom is 0.310 e. The number of carboxylic acids is 1. The molecule has 0 aromatic rings. The third-order valence-corrected chi connectivity index (χ3v) is 6.70. The number of hydrogen-bond acceptors (Lipinski definition) is 4. The van der Waals surface area contributed by atoms with Gasteiger partial charge in [0, 0.05) is 0 Å². The standard InChI is InChI=1S/C12H22O5S/c1-11(2,8-13)18(16,17)9-12(10(14)15)6-4-3-5-7-12/h13H,3-9H2,1-2H3,(H,14,15). The van der Waals surface area contributed by atoms with Crippen LogP contribution in [0.1, 0.15) is 46.0 Å². The minimum absolute atomic E-state index is 0.372. The van der Waals surface area contributed by atoms with Gasteiger partial charge in [0.1, 0.15) is 0 Å². The van der Waals surface area contributed by atoms with E-state index in [0.29, 0.717) is 12.8 Å². The van der Waals surface area contributed by atoms with Crippen LogP contribution in [-0.4, -0.2) is 41.7 Å². The van der Waals surface area contributed by atoms with Gasteiger partial charge in [0.25, 0.3) is 0 Å². The van der Waals surface area contributed by atoms with Crippen molar-refractivity contribution in [1.82, 2.24) is 0 Å². The molecule has 0 atom stereocenters. The average molecular weight is 278 g/mol. The van der Waals surface area contributed by atoms with E-state index in [-0.39, 0.29) is 5.75 Å². The lowest BCUT2D eigenvalue weighted by Crippen LogP contribution is -2.47. The topological polar surface area (TPSA) is 91.7 Å². The number of carboxylic acid groups (broad SMARTS) is 1. The maximum absolute atomic E-state index is 12.2. The van der Waals surface area contributed by atoms with E-state index in [1.807, 2.05) is 0 Å². The van der Waals surface area contributed by atoms with E-state index >= 15 is 0 Å². The Hall–Kier alpha value is -0.620. The van der Waals surface area contributed by atoms with E-state index < -0.39 is 32.6 Å². The van der Waals surface area contributed by atoms with Crippen molar-refractivity contribution < 1.29 is 23.4 Å². The smallest absolute Gasteiger partial charge is 0.310 e. The van der Waals surface area contributed by atoms with Crippen molar-refractivity contribution >= 4 is 15.8 Å². The molecule has 0 unspecified atom stereocenters. The zero-order valence-electron chi connectivity index (χ0n) is 11.0. The molecule has 1 aliphatic rings. The molecule has 0 spiro atoms. The number of hydrogen-bond donors (Lipinski definition) is 2. The Morgan fingerprint density at radius 1 is 1.22 bits per heavy atom. The average Bonchev–Trinajstić information content (AvgIpc) is 2.29. The molecule has 0 aromatic heterocycles. The Morgan fingerprint density at radius 3 is 2.11 bits per heavy atom. The van der Waals surface area contributed by atoms with Crippen LogP contribution in [0.4, 0.5) is 0 Å². The summed E-state index contributed by atoms with van der Waals surface area (Å²) in [5, 5.41) is 18.5. The molecule has 0 aliphatic heterocycles. The lowest BCUT2D eigenvalue weighted by molar-refractivity contribution is -0.149. The van der Waals surface area contributed by atoms with Crippen molar-refractivity contribution in [2.75, 3.05) is 12.4 Å². The number of aliphatic carboxylic acids is 1. The van der Waals surface area contributed by atoms with Gasteiger partial charge in [-0.1, -0.05) is 19.3 Å². The van der Waals surface area contributed by atoms with Crippen LogP contribution >= 0.6 is 0 Å². The van der Waals surface area contributed by atoms with Gasteiger partial charge in [-0.25, -0.2) is 8.42 Å². The number of carbonyl (C=O) groups is 1. The third-order valence-electron chi connectivity index (χ3n) is 3.95. The van der Waals surface area contributed by atoms with E-state index in [1.54, 1.807) is 0 Å². The fourth-order valence-electron chi connectivity index (χ4n) is 2.31. The van der Waals surface area contributed by atoms with E-state index in [4.69, 9.17) is 5.11 Å². The molecule has 0 heterocycles. The summed E-state index contributed by atoms with van der Waals surface area (Å²) in [6, 6.07) is 0. The van der Waals surface area contributed by atoms with E-state index in [0.717, 1.165) is 19.3 Å². The van der Waals surface area contributed by atoms with Gasteiger partial charge in [0.15, 0.2) is 9.84 Å². The molecular formula is C12H22O5S. The lowest BCUT2D eigenvalue weighted by Gasteiger charge is -2.35. The zero-order valence-corrected chi connectivity index (χ0v) is 11.8. The van der Waals surface area contributed by atoms with Gasteiger partial charge in [-0.05, 0) is 26.7 Å². The summed E-state index contributed by atoms with van der Waals surface area (Å²) in [5.41, 5.74) is -1.16. The second kappa shape index (κ2) is 5.17. The van der Waals surface area contributed by atoms with E-state index in [9.17, 15) is 18.3 Å². The van der Waals surface area contributed by atoms with Crippen LogP contribution in [0.5, 0.6) is 0 Å². The fourth-order valence-corrected chi connectivity index (χ4v) is 4.03. The summed E-state index contributed by atoms with van der Waals surface area (Å²) < 4.78 is 23.2. The third kappa shape index (κ3) is 2.85. The summed E-state index contributed by atoms with van der Waals surface area (Å²) >= 11 is 0. The number of rotatable bonds is 5. The Morgan fingerprint density at radius 2 is 1.72 bits per heavy atom. The molecule has 0 amide bonds. The highest BCUT2D eigenvalue weighted by atomic mass is 32.2. The van der Waals surface area contributed by atoms with Gasteiger partial charge in [0.05, 0.1) is 22.5 Å². The first-order chi connectivity index (χ1) is 8.17. The van der Waals surface area contributed by atoms with Crippen molar-refractivity contribution in [2.45, 2.75) is 50.7 Å². The van der Waals surface area contributed by atoms with Crippen molar-refractivity contribution in [3.63, 3.8) is 0 Å². The quantitative estimate of drug-likeness (QED) is 0.788. The molecule has 2 N–H and O–H groups in total.